The summed E-state index contributed by atoms with van der Waals surface area (Å²) in [4.78, 5) is 10.1. The van der Waals surface area contributed by atoms with Crippen LogP contribution in [0.5, 0.6) is 0 Å². The molecule has 0 radical (unpaired) electrons. The van der Waals surface area contributed by atoms with Crippen LogP contribution in [0.2, 0.25) is 0 Å². The molecule has 0 amide bonds. The van der Waals surface area contributed by atoms with Gasteiger partial charge in [0.15, 0.2) is 0 Å². The first-order valence-electron chi connectivity index (χ1n) is 4.61. The summed E-state index contributed by atoms with van der Waals surface area (Å²) >= 11 is 0. The molecule has 0 aromatic heterocycles. The van der Waals surface area contributed by atoms with Gasteiger partial charge in [-0.2, -0.15) is 0 Å². The number of benzene rings is 1. The molecule has 6 nitrogen and oxygen atoms in total. The molecule has 0 bridgehead atoms. The van der Waals surface area contributed by atoms with Crippen molar-refractivity contribution >= 4 is 15.7 Å². The average molecular weight is 262 g/mol. The molecule has 0 saturated carbocycles. The van der Waals surface area contributed by atoms with Crippen molar-refractivity contribution in [2.45, 2.75) is 13.2 Å². The van der Waals surface area contributed by atoms with Gasteiger partial charge >= 0.3 is 0 Å². The Bertz CT molecular complexity index is 530. The normalized spacial score (nSPS) is 11.4. The zero-order valence-electron chi connectivity index (χ0n) is 9.01. The maximum atomic E-state index is 12.6. The van der Waals surface area contributed by atoms with Crippen molar-refractivity contribution in [3.8, 4) is 0 Å². The quantitative estimate of drug-likeness (QED) is 0.636. The summed E-state index contributed by atoms with van der Waals surface area (Å²) < 4.78 is 36.6. The number of rotatable bonds is 5. The first-order chi connectivity index (χ1) is 7.85. The van der Waals surface area contributed by atoms with Crippen LogP contribution >= 0.6 is 0 Å². The number of halogens is 1. The second-order valence-corrected chi connectivity index (χ2v) is 5.23. The predicted octanol–water partition coefficient (Wildman–Crippen LogP) is 1.11. The highest BCUT2D eigenvalue weighted by atomic mass is 32.2. The highest BCUT2D eigenvalue weighted by molar-refractivity contribution is 7.88. The van der Waals surface area contributed by atoms with Crippen molar-refractivity contribution in [2.24, 2.45) is 0 Å². The van der Waals surface area contributed by atoms with E-state index in [1.54, 1.807) is 0 Å². The molecule has 0 aliphatic heterocycles. The molecule has 0 aliphatic rings. The van der Waals surface area contributed by atoms with Crippen molar-refractivity contribution in [1.29, 1.82) is 0 Å². The SMILES string of the molecule is CS(=O)(=O)NCc1c(CF)cccc1[N+](=O)[O-]. The molecule has 0 unspecified atom stereocenters. The maximum absolute atomic E-state index is 12.6. The van der Waals surface area contributed by atoms with Crippen LogP contribution in [-0.4, -0.2) is 19.6 Å². The second-order valence-electron chi connectivity index (χ2n) is 3.40. The lowest BCUT2D eigenvalue weighted by Gasteiger charge is -2.07. The molecule has 0 fully saturated rings. The van der Waals surface area contributed by atoms with E-state index >= 15 is 0 Å². The van der Waals surface area contributed by atoms with Gasteiger partial charge in [0.05, 0.1) is 16.7 Å². The largest absolute Gasteiger partial charge is 0.274 e. The van der Waals surface area contributed by atoms with Crippen molar-refractivity contribution in [3.63, 3.8) is 0 Å². The fourth-order valence-corrected chi connectivity index (χ4v) is 1.73. The Morgan fingerprint density at radius 1 is 1.47 bits per heavy atom. The van der Waals surface area contributed by atoms with Gasteiger partial charge in [0.2, 0.25) is 10.0 Å². The fourth-order valence-electron chi connectivity index (χ4n) is 1.32. The van der Waals surface area contributed by atoms with E-state index < -0.39 is 21.6 Å². The Labute approximate surface area is 97.7 Å². The third-order valence-corrected chi connectivity index (χ3v) is 2.77. The minimum absolute atomic E-state index is 0.0467. The lowest BCUT2D eigenvalue weighted by molar-refractivity contribution is -0.385. The Morgan fingerprint density at radius 3 is 2.59 bits per heavy atom. The molecule has 17 heavy (non-hydrogen) atoms. The molecule has 1 rings (SSSR count). The first-order valence-corrected chi connectivity index (χ1v) is 6.50. The van der Waals surface area contributed by atoms with Crippen LogP contribution in [0.25, 0.3) is 0 Å². The summed E-state index contributed by atoms with van der Waals surface area (Å²) in [5.74, 6) is 0. The number of nitrogens with one attached hydrogen (secondary N) is 1. The van der Waals surface area contributed by atoms with Crippen molar-refractivity contribution in [2.75, 3.05) is 6.26 Å². The minimum Gasteiger partial charge on any atom is -0.258 e. The van der Waals surface area contributed by atoms with Crippen LogP contribution in [-0.2, 0) is 23.2 Å². The summed E-state index contributed by atoms with van der Waals surface area (Å²) in [6.45, 7) is -1.18. The molecule has 1 aromatic carbocycles. The van der Waals surface area contributed by atoms with Crippen molar-refractivity contribution < 1.29 is 17.7 Å². The first kappa shape index (κ1) is 13.5. The van der Waals surface area contributed by atoms with Crippen LogP contribution in [0.15, 0.2) is 18.2 Å². The van der Waals surface area contributed by atoms with Crippen LogP contribution in [0.3, 0.4) is 0 Å². The van der Waals surface area contributed by atoms with Gasteiger partial charge < -0.3 is 0 Å². The molecule has 0 atom stereocenters. The predicted molar refractivity (Wildman–Crippen MR) is 59.6 cm³/mol. The third kappa shape index (κ3) is 3.75. The van der Waals surface area contributed by atoms with Gasteiger partial charge in [0.1, 0.15) is 6.67 Å². The summed E-state index contributed by atoms with van der Waals surface area (Å²) in [6, 6.07) is 3.95. The Balaban J connectivity index is 3.14. The second kappa shape index (κ2) is 5.19. The summed E-state index contributed by atoms with van der Waals surface area (Å²) in [6.07, 6.45) is 0.927. The molecule has 1 N–H and O–H groups in total. The van der Waals surface area contributed by atoms with Gasteiger partial charge in [0.25, 0.3) is 5.69 Å². The topological polar surface area (TPSA) is 89.3 Å². The number of sulfonamides is 1. The van der Waals surface area contributed by atoms with Gasteiger partial charge in [-0.15, -0.1) is 0 Å². The van der Waals surface area contributed by atoms with E-state index in [9.17, 15) is 22.9 Å². The van der Waals surface area contributed by atoms with E-state index in [2.05, 4.69) is 4.72 Å². The number of hydrogen-bond donors (Lipinski definition) is 1. The van der Waals surface area contributed by atoms with Crippen LogP contribution in [0.1, 0.15) is 11.1 Å². The van der Waals surface area contributed by atoms with E-state index in [1.165, 1.54) is 18.2 Å². The van der Waals surface area contributed by atoms with Gasteiger partial charge in [-0.3, -0.25) is 10.1 Å². The molecule has 0 heterocycles. The van der Waals surface area contributed by atoms with E-state index in [1.807, 2.05) is 0 Å². The molecular weight excluding hydrogens is 251 g/mol. The number of alkyl halides is 1. The monoisotopic (exact) mass is 262 g/mol. The number of hydrogen-bond acceptors (Lipinski definition) is 4. The fraction of sp³-hybridized carbons (Fsp3) is 0.333. The zero-order valence-corrected chi connectivity index (χ0v) is 9.83. The molecule has 0 aliphatic carbocycles. The Morgan fingerprint density at radius 2 is 2.12 bits per heavy atom. The summed E-state index contributed by atoms with van der Waals surface area (Å²) in [5.41, 5.74) is -0.142. The Hall–Kier alpha value is -1.54. The lowest BCUT2D eigenvalue weighted by atomic mass is 10.1. The molecule has 94 valence electrons. The zero-order chi connectivity index (χ0) is 13.1. The molecule has 0 spiro atoms. The minimum atomic E-state index is -3.48. The maximum Gasteiger partial charge on any atom is 0.274 e. The van der Waals surface area contributed by atoms with E-state index in [0.29, 0.717) is 0 Å². The highest BCUT2D eigenvalue weighted by Gasteiger charge is 2.18. The van der Waals surface area contributed by atoms with E-state index in [0.717, 1.165) is 6.26 Å². The highest BCUT2D eigenvalue weighted by Crippen LogP contribution is 2.23. The number of nitro groups is 1. The summed E-state index contributed by atoms with van der Waals surface area (Å²) in [5, 5.41) is 10.7. The number of nitro benzene ring substituents is 1. The third-order valence-electron chi connectivity index (χ3n) is 2.10. The van der Waals surface area contributed by atoms with Crippen molar-refractivity contribution in [3.05, 3.63) is 39.4 Å². The molecule has 1 aromatic rings. The van der Waals surface area contributed by atoms with Crippen LogP contribution in [0.4, 0.5) is 10.1 Å². The van der Waals surface area contributed by atoms with Gasteiger partial charge in [-0.25, -0.2) is 17.5 Å². The number of nitrogens with zero attached hydrogens (tertiary/aromatic N) is 1. The van der Waals surface area contributed by atoms with E-state index in [-0.39, 0.29) is 23.4 Å². The van der Waals surface area contributed by atoms with Crippen molar-refractivity contribution in [1.82, 2.24) is 4.72 Å². The lowest BCUT2D eigenvalue weighted by Crippen LogP contribution is -2.22. The van der Waals surface area contributed by atoms with Gasteiger partial charge in [-0.1, -0.05) is 12.1 Å². The molecule has 8 heteroatoms. The Kier molecular flexibility index (Phi) is 4.13. The van der Waals surface area contributed by atoms with Crippen LogP contribution in [0, 0.1) is 10.1 Å². The summed E-state index contributed by atoms with van der Waals surface area (Å²) in [7, 11) is -3.48. The van der Waals surface area contributed by atoms with Crippen LogP contribution < -0.4 is 4.72 Å². The molecule has 0 saturated heterocycles. The van der Waals surface area contributed by atoms with Gasteiger partial charge in [-0.05, 0) is 5.56 Å². The van der Waals surface area contributed by atoms with E-state index in [4.69, 9.17) is 0 Å². The average Bonchev–Trinajstić information content (AvgIpc) is 2.24. The smallest absolute Gasteiger partial charge is 0.258 e. The standard InChI is InChI=1S/C9H11FN2O4S/c1-17(15,16)11-6-8-7(5-10)3-2-4-9(8)12(13)14/h2-4,11H,5-6H2,1H3. The molecular formula is C9H11FN2O4S. The van der Waals surface area contributed by atoms with Gasteiger partial charge in [0, 0.05) is 12.6 Å².